The van der Waals surface area contributed by atoms with Crippen LogP contribution in [0.2, 0.25) is 10.0 Å². The van der Waals surface area contributed by atoms with Crippen molar-refractivity contribution in [1.29, 1.82) is 0 Å². The number of anilines is 1. The van der Waals surface area contributed by atoms with E-state index in [-0.39, 0.29) is 17.1 Å². The van der Waals surface area contributed by atoms with E-state index in [9.17, 15) is 25.0 Å². The van der Waals surface area contributed by atoms with Crippen LogP contribution in [0.1, 0.15) is 16.1 Å². The summed E-state index contributed by atoms with van der Waals surface area (Å²) in [5, 5.41) is 30.0. The Labute approximate surface area is 177 Å². The van der Waals surface area contributed by atoms with Crippen LogP contribution in [0.25, 0.3) is 0 Å². The first-order valence-corrected chi connectivity index (χ1v) is 8.84. The lowest BCUT2D eigenvalue weighted by Crippen LogP contribution is -2.13. The SMILES string of the molecule is Cc1cc(Cl)ccc1Oc1cc(NC(=O)c2n[nH]c([N+](=O)[O-])c2Cl)cc([N+](=O)[O-])c1. The van der Waals surface area contributed by atoms with Crippen molar-refractivity contribution >= 4 is 46.3 Å². The molecule has 1 aromatic heterocycles. The molecule has 1 amide bonds. The topological polar surface area (TPSA) is 153 Å². The number of amides is 1. The van der Waals surface area contributed by atoms with E-state index in [1.165, 1.54) is 12.1 Å². The quantitative estimate of drug-likeness (QED) is 0.399. The minimum Gasteiger partial charge on any atom is -0.457 e. The van der Waals surface area contributed by atoms with E-state index in [0.29, 0.717) is 16.3 Å². The summed E-state index contributed by atoms with van der Waals surface area (Å²) < 4.78 is 5.69. The number of ether oxygens (including phenoxy) is 1. The highest BCUT2D eigenvalue weighted by atomic mass is 35.5. The molecule has 2 aromatic carbocycles. The van der Waals surface area contributed by atoms with E-state index in [0.717, 1.165) is 6.07 Å². The van der Waals surface area contributed by atoms with Crippen LogP contribution in [0.4, 0.5) is 17.2 Å². The van der Waals surface area contributed by atoms with Crippen molar-refractivity contribution in [1.82, 2.24) is 10.2 Å². The standard InChI is InChI=1S/C17H11Cl2N5O6/c1-8-4-9(18)2-3-13(8)30-12-6-10(5-11(7-12)23(26)27)20-17(25)15-14(19)16(22-21-15)24(28)29/h2-7H,1H3,(H,20,25)(H,21,22). The number of halogens is 2. The van der Waals surface area contributed by atoms with Crippen LogP contribution in [0, 0.1) is 27.2 Å². The molecule has 11 nitrogen and oxygen atoms in total. The molecule has 154 valence electrons. The number of hydrogen-bond donors (Lipinski definition) is 2. The van der Waals surface area contributed by atoms with E-state index >= 15 is 0 Å². The number of nitro benzene ring substituents is 1. The molecule has 0 spiro atoms. The number of benzene rings is 2. The molecule has 0 unspecified atom stereocenters. The maximum atomic E-state index is 12.4. The van der Waals surface area contributed by atoms with Crippen LogP contribution in [0.3, 0.4) is 0 Å². The molecule has 0 saturated heterocycles. The van der Waals surface area contributed by atoms with Crippen molar-refractivity contribution in [2.24, 2.45) is 0 Å². The summed E-state index contributed by atoms with van der Waals surface area (Å²) in [5.41, 5.74) is -0.104. The zero-order valence-electron chi connectivity index (χ0n) is 15.0. The molecule has 0 radical (unpaired) electrons. The van der Waals surface area contributed by atoms with E-state index in [1.807, 2.05) is 5.10 Å². The third-order valence-corrected chi connectivity index (χ3v) is 4.40. The average molecular weight is 452 g/mol. The number of aryl methyl sites for hydroxylation is 1. The largest absolute Gasteiger partial charge is 0.457 e. The Morgan fingerprint density at radius 3 is 2.47 bits per heavy atom. The number of non-ortho nitro benzene ring substituents is 1. The molecular weight excluding hydrogens is 441 g/mol. The monoisotopic (exact) mass is 451 g/mol. The fourth-order valence-electron chi connectivity index (χ4n) is 2.46. The van der Waals surface area contributed by atoms with Crippen LogP contribution in [0.5, 0.6) is 11.5 Å². The summed E-state index contributed by atoms with van der Waals surface area (Å²) in [6.45, 7) is 1.74. The number of nitrogens with one attached hydrogen (secondary N) is 2. The number of aromatic amines is 1. The van der Waals surface area contributed by atoms with Gasteiger partial charge in [0.05, 0.1) is 16.7 Å². The predicted molar refractivity (Wildman–Crippen MR) is 108 cm³/mol. The second-order valence-electron chi connectivity index (χ2n) is 5.93. The van der Waals surface area contributed by atoms with Gasteiger partial charge in [-0.2, -0.15) is 0 Å². The molecule has 0 bridgehead atoms. The first-order valence-electron chi connectivity index (χ1n) is 8.09. The van der Waals surface area contributed by atoms with E-state index in [2.05, 4.69) is 10.4 Å². The Morgan fingerprint density at radius 2 is 1.87 bits per heavy atom. The van der Waals surface area contributed by atoms with Crippen LogP contribution < -0.4 is 10.1 Å². The Kier molecular flexibility index (Phi) is 5.85. The van der Waals surface area contributed by atoms with E-state index < -0.39 is 32.3 Å². The molecule has 0 aliphatic rings. The highest BCUT2D eigenvalue weighted by Crippen LogP contribution is 2.33. The Hall–Kier alpha value is -3.70. The molecular formula is C17H11Cl2N5O6. The van der Waals surface area contributed by atoms with Crippen molar-refractivity contribution in [3.05, 3.63) is 77.9 Å². The Bertz CT molecular complexity index is 1180. The highest BCUT2D eigenvalue weighted by molar-refractivity contribution is 6.35. The maximum absolute atomic E-state index is 12.4. The molecule has 0 aliphatic heterocycles. The third-order valence-electron chi connectivity index (χ3n) is 3.81. The Balaban J connectivity index is 1.92. The second-order valence-corrected chi connectivity index (χ2v) is 6.75. The summed E-state index contributed by atoms with van der Waals surface area (Å²) in [6, 6.07) is 8.45. The highest BCUT2D eigenvalue weighted by Gasteiger charge is 2.25. The van der Waals surface area contributed by atoms with Gasteiger partial charge in [-0.25, -0.2) is 0 Å². The van der Waals surface area contributed by atoms with Gasteiger partial charge < -0.3 is 20.2 Å². The molecule has 1 heterocycles. The number of nitrogens with zero attached hydrogens (tertiary/aromatic N) is 3. The van der Waals surface area contributed by atoms with Gasteiger partial charge in [0.2, 0.25) is 0 Å². The fourth-order valence-corrected chi connectivity index (χ4v) is 2.92. The fraction of sp³-hybridized carbons (Fsp3) is 0.0588. The molecule has 13 heteroatoms. The number of H-pyrrole nitrogens is 1. The minimum atomic E-state index is -0.904. The van der Waals surface area contributed by atoms with Crippen LogP contribution in [-0.2, 0) is 0 Å². The zero-order valence-corrected chi connectivity index (χ0v) is 16.5. The smallest absolute Gasteiger partial charge is 0.362 e. The molecule has 30 heavy (non-hydrogen) atoms. The van der Waals surface area contributed by atoms with Crippen molar-refractivity contribution in [3.63, 3.8) is 0 Å². The molecule has 2 N–H and O–H groups in total. The van der Waals surface area contributed by atoms with Gasteiger partial charge in [-0.3, -0.25) is 14.9 Å². The second kappa shape index (κ2) is 8.35. The van der Waals surface area contributed by atoms with Crippen molar-refractivity contribution in [2.45, 2.75) is 6.92 Å². The van der Waals surface area contributed by atoms with Crippen molar-refractivity contribution in [3.8, 4) is 11.5 Å². The lowest BCUT2D eigenvalue weighted by Gasteiger charge is -2.11. The number of nitro groups is 2. The maximum Gasteiger partial charge on any atom is 0.362 e. The van der Waals surface area contributed by atoms with Gasteiger partial charge in [0.1, 0.15) is 11.5 Å². The van der Waals surface area contributed by atoms with Gasteiger partial charge >= 0.3 is 5.82 Å². The number of hydrogen-bond acceptors (Lipinski definition) is 7. The first kappa shape index (κ1) is 21.0. The molecule has 0 aliphatic carbocycles. The van der Waals surface area contributed by atoms with Crippen LogP contribution >= 0.6 is 23.2 Å². The van der Waals surface area contributed by atoms with Gasteiger partial charge in [0.15, 0.2) is 10.7 Å². The van der Waals surface area contributed by atoms with Gasteiger partial charge in [-0.05, 0) is 35.6 Å². The van der Waals surface area contributed by atoms with Crippen LogP contribution in [0.15, 0.2) is 36.4 Å². The van der Waals surface area contributed by atoms with Crippen molar-refractivity contribution < 1.29 is 19.4 Å². The summed E-state index contributed by atoms with van der Waals surface area (Å²) in [7, 11) is 0. The van der Waals surface area contributed by atoms with Gasteiger partial charge in [-0.1, -0.05) is 28.3 Å². The number of carbonyl (C=O) groups is 1. The van der Waals surface area contributed by atoms with Gasteiger partial charge in [-0.15, -0.1) is 5.10 Å². The minimum absolute atomic E-state index is 0.00228. The molecule has 0 saturated carbocycles. The summed E-state index contributed by atoms with van der Waals surface area (Å²) in [5.74, 6) is -1.08. The van der Waals surface area contributed by atoms with Crippen molar-refractivity contribution in [2.75, 3.05) is 5.32 Å². The number of carbonyl (C=O) groups excluding carboxylic acids is 1. The lowest BCUT2D eigenvalue weighted by atomic mass is 10.2. The van der Waals surface area contributed by atoms with E-state index in [4.69, 9.17) is 27.9 Å². The lowest BCUT2D eigenvalue weighted by molar-refractivity contribution is -0.389. The molecule has 3 aromatic rings. The predicted octanol–water partition coefficient (Wildman–Crippen LogP) is 4.89. The molecule has 0 fully saturated rings. The summed E-state index contributed by atoms with van der Waals surface area (Å²) in [6.07, 6.45) is 0. The Morgan fingerprint density at radius 1 is 1.13 bits per heavy atom. The molecule has 3 rings (SSSR count). The van der Waals surface area contributed by atoms with Gasteiger partial charge in [0, 0.05) is 17.2 Å². The summed E-state index contributed by atoms with van der Waals surface area (Å²) >= 11 is 11.7. The number of aromatic nitrogens is 2. The van der Waals surface area contributed by atoms with Gasteiger partial charge in [0.25, 0.3) is 11.6 Å². The molecule has 0 atom stereocenters. The van der Waals surface area contributed by atoms with E-state index in [1.54, 1.807) is 25.1 Å². The zero-order chi connectivity index (χ0) is 22.0. The third kappa shape index (κ3) is 4.47. The number of rotatable bonds is 6. The first-order chi connectivity index (χ1) is 14.2. The summed E-state index contributed by atoms with van der Waals surface area (Å²) in [4.78, 5) is 33.0. The normalized spacial score (nSPS) is 10.5. The van der Waals surface area contributed by atoms with Crippen LogP contribution in [-0.4, -0.2) is 26.0 Å². The average Bonchev–Trinajstić information content (AvgIpc) is 3.05.